The molecule has 1 N–H and O–H groups in total. The standard InChI is InChI=1S/C26H26Cl2N6OS2/c1-17-8-9-18(27)14-22(17)34-24(19-6-2-3-7-20(19)28)31-32-26(34)37-16-23-30-21(15-36-23)25(35)29-10-13-33-11-4-5-12-33/h2-3,6-9,14-15H,4-5,10-13,16H2,1H3,(H,29,35). The molecule has 5 rings (SSSR count). The van der Waals surface area contributed by atoms with Gasteiger partial charge in [0.25, 0.3) is 5.91 Å². The van der Waals surface area contributed by atoms with Crippen molar-refractivity contribution in [3.05, 3.63) is 74.2 Å². The summed E-state index contributed by atoms with van der Waals surface area (Å²) < 4.78 is 1.98. The number of halogens is 2. The summed E-state index contributed by atoms with van der Waals surface area (Å²) >= 11 is 15.8. The van der Waals surface area contributed by atoms with Crippen LogP contribution in [0.25, 0.3) is 17.1 Å². The molecule has 0 spiro atoms. The molecule has 1 aliphatic heterocycles. The fourth-order valence-corrected chi connectivity index (χ4v) is 6.38. The van der Waals surface area contributed by atoms with Gasteiger partial charge >= 0.3 is 0 Å². The molecule has 192 valence electrons. The molecule has 1 fully saturated rings. The zero-order valence-corrected chi connectivity index (χ0v) is 23.4. The molecule has 4 aromatic rings. The van der Waals surface area contributed by atoms with E-state index in [2.05, 4.69) is 25.4 Å². The highest BCUT2D eigenvalue weighted by Crippen LogP contribution is 2.35. The van der Waals surface area contributed by atoms with Crippen molar-refractivity contribution in [3.63, 3.8) is 0 Å². The van der Waals surface area contributed by atoms with Crippen molar-refractivity contribution in [2.45, 2.75) is 30.7 Å². The Morgan fingerprint density at radius 3 is 2.76 bits per heavy atom. The summed E-state index contributed by atoms with van der Waals surface area (Å²) in [6.45, 7) is 5.77. The van der Waals surface area contributed by atoms with Crippen molar-refractivity contribution < 1.29 is 4.79 Å². The highest BCUT2D eigenvalue weighted by molar-refractivity contribution is 7.98. The molecule has 7 nitrogen and oxygen atoms in total. The van der Waals surface area contributed by atoms with Crippen LogP contribution >= 0.6 is 46.3 Å². The zero-order valence-electron chi connectivity index (χ0n) is 20.3. The van der Waals surface area contributed by atoms with E-state index < -0.39 is 0 Å². The van der Waals surface area contributed by atoms with Crippen LogP contribution in [-0.4, -0.2) is 56.7 Å². The molecular weight excluding hydrogens is 547 g/mol. The summed E-state index contributed by atoms with van der Waals surface area (Å²) in [5, 5.41) is 16.5. The second-order valence-electron chi connectivity index (χ2n) is 8.77. The first kappa shape index (κ1) is 26.2. The van der Waals surface area contributed by atoms with Gasteiger partial charge in [0.1, 0.15) is 10.7 Å². The van der Waals surface area contributed by atoms with Crippen LogP contribution in [-0.2, 0) is 5.75 Å². The Kier molecular flexibility index (Phi) is 8.46. The lowest BCUT2D eigenvalue weighted by atomic mass is 10.1. The number of amides is 1. The lowest BCUT2D eigenvalue weighted by Crippen LogP contribution is -2.33. The van der Waals surface area contributed by atoms with Crippen molar-refractivity contribution in [2.24, 2.45) is 0 Å². The number of carbonyl (C=O) groups excluding carboxylic acids is 1. The minimum Gasteiger partial charge on any atom is -0.349 e. The molecule has 3 heterocycles. The molecular formula is C26H26Cl2N6OS2. The minimum atomic E-state index is -0.134. The molecule has 0 aliphatic carbocycles. The number of hydrogen-bond donors (Lipinski definition) is 1. The van der Waals surface area contributed by atoms with E-state index in [1.54, 1.807) is 0 Å². The zero-order chi connectivity index (χ0) is 25.8. The van der Waals surface area contributed by atoms with Crippen molar-refractivity contribution >= 4 is 52.2 Å². The van der Waals surface area contributed by atoms with Crippen LogP contribution in [0.1, 0.15) is 33.9 Å². The Bertz CT molecular complexity index is 1400. The summed E-state index contributed by atoms with van der Waals surface area (Å²) in [6.07, 6.45) is 2.48. The van der Waals surface area contributed by atoms with Crippen LogP contribution in [0.4, 0.5) is 0 Å². The van der Waals surface area contributed by atoms with Gasteiger partial charge in [-0.15, -0.1) is 21.5 Å². The van der Waals surface area contributed by atoms with E-state index in [4.69, 9.17) is 23.2 Å². The number of rotatable bonds is 9. The molecule has 1 saturated heterocycles. The average molecular weight is 574 g/mol. The normalized spacial score (nSPS) is 13.8. The van der Waals surface area contributed by atoms with E-state index in [1.807, 2.05) is 59.3 Å². The van der Waals surface area contributed by atoms with E-state index in [0.29, 0.717) is 39.0 Å². The first-order valence-electron chi connectivity index (χ1n) is 12.0. The summed E-state index contributed by atoms with van der Waals surface area (Å²) in [5.41, 5.74) is 3.14. The largest absolute Gasteiger partial charge is 0.349 e. The van der Waals surface area contributed by atoms with Gasteiger partial charge in [0.05, 0.1) is 16.5 Å². The number of benzene rings is 2. The molecule has 1 aliphatic rings. The first-order chi connectivity index (χ1) is 18.0. The molecule has 1 amide bonds. The maximum atomic E-state index is 12.6. The second-order valence-corrected chi connectivity index (χ2v) is 11.5. The number of thiazole rings is 1. The summed E-state index contributed by atoms with van der Waals surface area (Å²) in [6, 6.07) is 13.3. The number of thioether (sulfide) groups is 1. The third-order valence-electron chi connectivity index (χ3n) is 6.18. The predicted molar refractivity (Wildman–Crippen MR) is 151 cm³/mol. The fraction of sp³-hybridized carbons (Fsp3) is 0.308. The van der Waals surface area contributed by atoms with Crippen molar-refractivity contribution in [2.75, 3.05) is 26.2 Å². The van der Waals surface area contributed by atoms with Gasteiger partial charge in [0.15, 0.2) is 11.0 Å². The van der Waals surface area contributed by atoms with Gasteiger partial charge < -0.3 is 10.2 Å². The number of aromatic nitrogens is 4. The van der Waals surface area contributed by atoms with Crippen LogP contribution in [0.5, 0.6) is 0 Å². The fourth-order valence-electron chi connectivity index (χ4n) is 4.25. The Morgan fingerprint density at radius 1 is 1.14 bits per heavy atom. The van der Waals surface area contributed by atoms with Gasteiger partial charge in [-0.2, -0.15) is 0 Å². The maximum Gasteiger partial charge on any atom is 0.270 e. The van der Waals surface area contributed by atoms with Gasteiger partial charge in [-0.05, 0) is 62.7 Å². The summed E-state index contributed by atoms with van der Waals surface area (Å²) in [4.78, 5) is 19.5. The van der Waals surface area contributed by atoms with E-state index in [9.17, 15) is 4.79 Å². The van der Waals surface area contributed by atoms with Gasteiger partial charge in [-0.3, -0.25) is 9.36 Å². The average Bonchev–Trinajstić information content (AvgIpc) is 3.66. The molecule has 0 radical (unpaired) electrons. The van der Waals surface area contributed by atoms with Gasteiger partial charge in [0, 0.05) is 29.1 Å². The lowest BCUT2D eigenvalue weighted by Gasteiger charge is -2.14. The van der Waals surface area contributed by atoms with Crippen LogP contribution in [0.15, 0.2) is 53.0 Å². The maximum absolute atomic E-state index is 12.6. The SMILES string of the molecule is Cc1ccc(Cl)cc1-n1c(SCc2nc(C(=O)NCCN3CCCC3)cs2)nnc1-c1ccccc1Cl. The number of carbonyl (C=O) groups is 1. The van der Waals surface area contributed by atoms with Crippen molar-refractivity contribution in [1.82, 2.24) is 30.0 Å². The molecule has 0 saturated carbocycles. The highest BCUT2D eigenvalue weighted by Gasteiger charge is 2.20. The number of hydrogen-bond acceptors (Lipinski definition) is 7. The molecule has 0 atom stereocenters. The number of nitrogens with one attached hydrogen (secondary N) is 1. The minimum absolute atomic E-state index is 0.134. The van der Waals surface area contributed by atoms with Gasteiger partial charge in [-0.25, -0.2) is 4.98 Å². The second kappa shape index (κ2) is 12.0. The first-order valence-corrected chi connectivity index (χ1v) is 14.7. The monoisotopic (exact) mass is 572 g/mol. The van der Waals surface area contributed by atoms with Crippen LogP contribution in [0.3, 0.4) is 0 Å². The molecule has 2 aromatic carbocycles. The molecule has 0 unspecified atom stereocenters. The third kappa shape index (κ3) is 6.18. The summed E-state index contributed by atoms with van der Waals surface area (Å²) in [5.74, 6) is 1.05. The summed E-state index contributed by atoms with van der Waals surface area (Å²) in [7, 11) is 0. The quantitative estimate of drug-likeness (QED) is 0.243. The number of nitrogens with zero attached hydrogens (tertiary/aromatic N) is 5. The van der Waals surface area contributed by atoms with Crippen LogP contribution in [0.2, 0.25) is 10.0 Å². The van der Waals surface area contributed by atoms with E-state index >= 15 is 0 Å². The molecule has 2 aromatic heterocycles. The third-order valence-corrected chi connectivity index (χ3v) is 8.72. The van der Waals surface area contributed by atoms with Crippen molar-refractivity contribution in [3.8, 4) is 17.1 Å². The Labute approximate surface area is 234 Å². The van der Waals surface area contributed by atoms with Crippen LogP contribution in [0, 0.1) is 6.92 Å². The number of likely N-dealkylation sites (tertiary alicyclic amines) is 1. The van der Waals surface area contributed by atoms with E-state index in [-0.39, 0.29) is 5.91 Å². The topological polar surface area (TPSA) is 75.9 Å². The Hall–Kier alpha value is -2.43. The van der Waals surface area contributed by atoms with Gasteiger partial charge in [0.2, 0.25) is 0 Å². The van der Waals surface area contributed by atoms with Crippen molar-refractivity contribution in [1.29, 1.82) is 0 Å². The Balaban J connectivity index is 1.33. The molecule has 11 heteroatoms. The molecule has 0 bridgehead atoms. The predicted octanol–water partition coefficient (Wildman–Crippen LogP) is 6.12. The highest BCUT2D eigenvalue weighted by atomic mass is 35.5. The van der Waals surface area contributed by atoms with Gasteiger partial charge in [-0.1, -0.05) is 53.2 Å². The van der Waals surface area contributed by atoms with Crippen LogP contribution < -0.4 is 5.32 Å². The molecule has 37 heavy (non-hydrogen) atoms. The lowest BCUT2D eigenvalue weighted by molar-refractivity contribution is 0.0945. The number of aryl methyl sites for hydroxylation is 1. The Morgan fingerprint density at radius 2 is 1.95 bits per heavy atom. The van der Waals surface area contributed by atoms with E-state index in [0.717, 1.165) is 41.5 Å². The smallest absolute Gasteiger partial charge is 0.270 e. The van der Waals surface area contributed by atoms with E-state index in [1.165, 1.54) is 35.9 Å².